The number of nitrogens with zero attached hydrogens (tertiary/aromatic N) is 4. The van der Waals surface area contributed by atoms with Crippen molar-refractivity contribution in [3.8, 4) is 0 Å². The molecule has 0 saturated carbocycles. The van der Waals surface area contributed by atoms with E-state index in [1.807, 2.05) is 49.6 Å². The van der Waals surface area contributed by atoms with Gasteiger partial charge in [0.1, 0.15) is 18.9 Å². The summed E-state index contributed by atoms with van der Waals surface area (Å²) >= 11 is 0. The third-order valence-electron chi connectivity index (χ3n) is 13.2. The molecule has 0 saturated heterocycles. The van der Waals surface area contributed by atoms with Crippen LogP contribution in [0.4, 0.5) is 11.4 Å². The molecule has 0 spiro atoms. The van der Waals surface area contributed by atoms with Crippen molar-refractivity contribution in [1.82, 2.24) is 9.80 Å². The van der Waals surface area contributed by atoms with Crippen LogP contribution in [0.1, 0.15) is 95.8 Å². The van der Waals surface area contributed by atoms with Crippen molar-refractivity contribution >= 4 is 65.2 Å². The summed E-state index contributed by atoms with van der Waals surface area (Å²) in [7, 11) is -11.2. The van der Waals surface area contributed by atoms with E-state index in [0.717, 1.165) is 50.7 Å². The van der Waals surface area contributed by atoms with E-state index < -0.39 is 58.8 Å². The fraction of sp³-hybridized carbons (Fsp3) is 0.469. The van der Waals surface area contributed by atoms with Gasteiger partial charge in [0.25, 0.3) is 42.2 Å². The van der Waals surface area contributed by atoms with Crippen LogP contribution < -0.4 is 4.90 Å². The summed E-state index contributed by atoms with van der Waals surface area (Å²) in [6.07, 6.45) is 13.6. The van der Waals surface area contributed by atoms with Gasteiger partial charge in [-0.05, 0) is 106 Å². The number of allylic oxidation sites excluding steroid dienone is 7. The van der Waals surface area contributed by atoms with E-state index in [4.69, 9.17) is 4.74 Å². The Morgan fingerprint density at radius 2 is 1.46 bits per heavy atom. The molecule has 0 bridgehead atoms. The maximum Gasteiger partial charge on any atom is 0.294 e. The zero-order valence-electron chi connectivity index (χ0n) is 40.0. The molecule has 2 aromatic rings. The summed E-state index contributed by atoms with van der Waals surface area (Å²) in [5.41, 5.74) is 6.75. The van der Waals surface area contributed by atoms with Crippen LogP contribution in [0.2, 0.25) is 0 Å². The number of rotatable bonds is 21. The van der Waals surface area contributed by atoms with E-state index in [1.165, 1.54) is 29.2 Å². The van der Waals surface area contributed by atoms with Crippen LogP contribution in [-0.4, -0.2) is 128 Å². The molecule has 1 aliphatic carbocycles. The van der Waals surface area contributed by atoms with Crippen molar-refractivity contribution in [3.05, 3.63) is 112 Å². The van der Waals surface area contributed by atoms with Gasteiger partial charge >= 0.3 is 0 Å². The number of fused-ring (bicyclic) bond motifs is 2. The maximum absolute atomic E-state index is 13.2. The van der Waals surface area contributed by atoms with E-state index >= 15 is 0 Å². The molecule has 69 heavy (non-hydrogen) atoms. The summed E-state index contributed by atoms with van der Waals surface area (Å²) in [5, 5.41) is 0. The number of hydrogen-bond acceptors (Lipinski definition) is 11. The van der Waals surface area contributed by atoms with Gasteiger partial charge in [-0.1, -0.05) is 37.6 Å². The van der Waals surface area contributed by atoms with E-state index in [2.05, 4.69) is 37.0 Å². The number of amides is 3. The first kappa shape index (κ1) is 53.1. The molecule has 2 aromatic carbocycles. The Balaban J connectivity index is 1.38. The fourth-order valence-electron chi connectivity index (χ4n) is 9.42. The average Bonchev–Trinajstić information content (AvgIpc) is 3.77. The fourth-order valence-corrected chi connectivity index (χ4v) is 11.1. The average molecular weight is 1010 g/mol. The number of anilines is 1. The first-order valence-corrected chi connectivity index (χ1v) is 27.6. The number of hydrogen-bond donors (Lipinski definition) is 3. The van der Waals surface area contributed by atoms with Crippen LogP contribution in [0.25, 0.3) is 0 Å². The highest BCUT2D eigenvalue weighted by Crippen LogP contribution is 2.49. The Labute approximate surface area is 405 Å². The number of ether oxygens (including phenoxy) is 1. The lowest BCUT2D eigenvalue weighted by Gasteiger charge is -2.28. The lowest BCUT2D eigenvalue weighted by Crippen LogP contribution is -2.36. The van der Waals surface area contributed by atoms with Gasteiger partial charge in [-0.3, -0.25) is 32.9 Å². The Morgan fingerprint density at radius 1 is 0.797 bits per heavy atom. The van der Waals surface area contributed by atoms with Gasteiger partial charge in [0.15, 0.2) is 5.71 Å². The van der Waals surface area contributed by atoms with Gasteiger partial charge in [-0.2, -0.15) is 29.8 Å². The molecule has 3 N–H and O–H groups in total. The number of imide groups is 1. The molecular weight excluding hydrogens is 949 g/mol. The SMILES string of the molecule is Cc1ccc2c(c1)C(C)(C)C(=CC=C1CCCC(C=CC3=[N+](CCCCS(=O)(=O)O)c4ccc(S(=O)(=O)O)cc4C3(C)C)=C1OCCN(C)C(=O)CCN1C(=O)C=CC1=O)N2CCCCS(=O)(=O)O. The quantitative estimate of drug-likeness (QED) is 0.0535. The van der Waals surface area contributed by atoms with Gasteiger partial charge in [-0.25, -0.2) is 0 Å². The van der Waals surface area contributed by atoms with E-state index in [9.17, 15) is 53.3 Å². The summed E-state index contributed by atoms with van der Waals surface area (Å²) in [6, 6.07) is 10.6. The highest BCUT2D eigenvalue weighted by atomic mass is 32.2. The highest BCUT2D eigenvalue weighted by Gasteiger charge is 2.45. The number of carbonyl (C=O) groups excluding carboxylic acids is 3. The molecule has 20 heteroatoms. The van der Waals surface area contributed by atoms with Crippen molar-refractivity contribution < 1.29 is 62.6 Å². The minimum atomic E-state index is -4.54. The summed E-state index contributed by atoms with van der Waals surface area (Å²) in [4.78, 5) is 41.8. The van der Waals surface area contributed by atoms with Crippen LogP contribution in [0, 0.1) is 6.92 Å². The molecule has 0 radical (unpaired) electrons. The van der Waals surface area contributed by atoms with Gasteiger partial charge in [0, 0.05) is 79.6 Å². The molecule has 0 aromatic heterocycles. The molecule has 0 unspecified atom stereocenters. The molecule has 4 aliphatic rings. The number of aryl methyl sites for hydroxylation is 1. The molecule has 6 rings (SSSR count). The molecule has 0 fully saturated rings. The summed E-state index contributed by atoms with van der Waals surface area (Å²) in [5.74, 6) is -1.39. The summed E-state index contributed by atoms with van der Waals surface area (Å²) < 4.78 is 108. The zero-order valence-corrected chi connectivity index (χ0v) is 42.4. The van der Waals surface area contributed by atoms with Gasteiger partial charge < -0.3 is 14.5 Å². The number of benzene rings is 2. The second kappa shape index (κ2) is 21.0. The lowest BCUT2D eigenvalue weighted by atomic mass is 9.81. The third-order valence-corrected chi connectivity index (χ3v) is 15.6. The maximum atomic E-state index is 13.2. The molecule has 0 atom stereocenters. The van der Waals surface area contributed by atoms with E-state index in [-0.39, 0.29) is 55.5 Å². The van der Waals surface area contributed by atoms with Gasteiger partial charge in [0.2, 0.25) is 11.6 Å². The van der Waals surface area contributed by atoms with E-state index in [1.54, 1.807) is 13.1 Å². The third kappa shape index (κ3) is 12.8. The molecule has 3 aliphatic heterocycles. The second-order valence-corrected chi connectivity index (χ2v) is 23.5. The highest BCUT2D eigenvalue weighted by molar-refractivity contribution is 7.86. The minimum Gasteiger partial charge on any atom is -0.491 e. The van der Waals surface area contributed by atoms with Crippen LogP contribution >= 0.6 is 0 Å². The Hall–Kier alpha value is -5.25. The van der Waals surface area contributed by atoms with Crippen molar-refractivity contribution in [1.29, 1.82) is 0 Å². The number of carbonyl (C=O) groups is 3. The minimum absolute atomic E-state index is 0.0542. The van der Waals surface area contributed by atoms with Crippen LogP contribution in [0.3, 0.4) is 0 Å². The number of likely N-dealkylation sites (N-methyl/N-ethyl adjacent to an activating group) is 1. The smallest absolute Gasteiger partial charge is 0.294 e. The largest absolute Gasteiger partial charge is 0.491 e. The first-order valence-electron chi connectivity index (χ1n) is 23.0. The van der Waals surface area contributed by atoms with Crippen LogP contribution in [0.15, 0.2) is 100 Å². The Kier molecular flexibility index (Phi) is 16.2. The van der Waals surface area contributed by atoms with Crippen molar-refractivity contribution in [2.75, 3.05) is 56.2 Å². The first-order chi connectivity index (χ1) is 32.2. The normalized spacial score (nSPS) is 19.2. The monoisotopic (exact) mass is 1010 g/mol. The second-order valence-electron chi connectivity index (χ2n) is 19.0. The molecule has 3 heterocycles. The number of unbranched alkanes of at least 4 members (excludes halogenated alkanes) is 2. The molecule has 17 nitrogen and oxygen atoms in total. The van der Waals surface area contributed by atoms with Crippen molar-refractivity contribution in [2.45, 2.75) is 102 Å². The molecular formula is C49H63N4O13S3+. The van der Waals surface area contributed by atoms with Gasteiger partial charge in [0.05, 0.1) is 28.4 Å². The van der Waals surface area contributed by atoms with Crippen molar-refractivity contribution in [2.24, 2.45) is 0 Å². The van der Waals surface area contributed by atoms with E-state index in [0.29, 0.717) is 55.8 Å². The van der Waals surface area contributed by atoms with Crippen molar-refractivity contribution in [3.63, 3.8) is 0 Å². The zero-order chi connectivity index (χ0) is 50.7. The summed E-state index contributed by atoms with van der Waals surface area (Å²) in [6.45, 7) is 11.2. The standard InChI is InChI=1S/C49H62N4O13S3/c1-34-14-18-40-38(32-34)48(2,3)42(51(40)25-7-9-30-67(57,58)59)20-15-35-12-11-13-36(47(35)66-29-28-50(6)44(54)24-27-53-45(55)22-23-46(53)56)16-21-43-49(4,5)39-33-37(69(63,64)65)17-19-41(39)52(43)26-8-10-31-68(60,61)62/h14-23,32-33H,7-13,24-31H2,1-6H3,(H2-,57,58,59,60,61,62,63,64,65)/p+1. The Morgan fingerprint density at radius 3 is 2.12 bits per heavy atom. The topological polar surface area (TPSA) is 236 Å². The predicted molar refractivity (Wildman–Crippen MR) is 262 cm³/mol. The predicted octanol–water partition coefficient (Wildman–Crippen LogP) is 6.35. The van der Waals surface area contributed by atoms with Crippen LogP contribution in [-0.2, 0) is 60.3 Å². The molecule has 374 valence electrons. The Bertz CT molecular complexity index is 2910. The molecule has 3 amide bonds. The lowest BCUT2D eigenvalue weighted by molar-refractivity contribution is -0.438. The van der Waals surface area contributed by atoms with Crippen LogP contribution in [0.5, 0.6) is 0 Å². The van der Waals surface area contributed by atoms with Gasteiger partial charge in [-0.15, -0.1) is 0 Å².